The number of rotatable bonds is 4. The average molecular weight is 263 g/mol. The first-order chi connectivity index (χ1) is 9.84. The first-order valence-electron chi connectivity index (χ1n) is 6.74. The fourth-order valence-corrected chi connectivity index (χ4v) is 2.35. The topological polar surface area (TPSA) is 50.9 Å². The quantitative estimate of drug-likeness (QED) is 0.709. The zero-order chi connectivity index (χ0) is 13.8. The molecule has 100 valence electrons. The highest BCUT2D eigenvalue weighted by molar-refractivity contribution is 6.00. The molecule has 0 aliphatic carbocycles. The van der Waals surface area contributed by atoms with Gasteiger partial charge in [-0.25, -0.2) is 0 Å². The van der Waals surface area contributed by atoms with E-state index in [2.05, 4.69) is 34.6 Å². The van der Waals surface area contributed by atoms with Gasteiger partial charge in [0.2, 0.25) is 0 Å². The summed E-state index contributed by atoms with van der Waals surface area (Å²) < 4.78 is 0. The van der Waals surface area contributed by atoms with Crippen LogP contribution in [0.15, 0.2) is 60.9 Å². The highest BCUT2D eigenvalue weighted by atomic mass is 14.9. The molecule has 0 unspecified atom stereocenters. The van der Waals surface area contributed by atoms with Crippen molar-refractivity contribution in [3.8, 4) is 0 Å². The van der Waals surface area contributed by atoms with E-state index in [1.807, 2.05) is 30.5 Å². The third-order valence-corrected chi connectivity index (χ3v) is 3.42. The molecule has 3 N–H and O–H groups in total. The molecular formula is C17H17N3. The van der Waals surface area contributed by atoms with Gasteiger partial charge in [-0.1, -0.05) is 30.3 Å². The standard InChI is InChI=1S/C17H17N3/c18-16-6-7-17(15-12-19-10-9-14(15)16)20-11-8-13-4-2-1-3-5-13/h1-7,9-10,12,20H,8,11,18H2. The molecule has 3 heteroatoms. The van der Waals surface area contributed by atoms with Gasteiger partial charge in [0.25, 0.3) is 0 Å². The summed E-state index contributed by atoms with van der Waals surface area (Å²) in [6.07, 6.45) is 4.62. The van der Waals surface area contributed by atoms with Crippen LogP contribution in [0.2, 0.25) is 0 Å². The number of anilines is 2. The lowest BCUT2D eigenvalue weighted by molar-refractivity contribution is 1.02. The molecule has 20 heavy (non-hydrogen) atoms. The summed E-state index contributed by atoms with van der Waals surface area (Å²) in [5.41, 5.74) is 9.19. The number of benzene rings is 2. The van der Waals surface area contributed by atoms with Crippen LogP contribution in [0.5, 0.6) is 0 Å². The maximum atomic E-state index is 5.99. The van der Waals surface area contributed by atoms with Crippen LogP contribution in [0.3, 0.4) is 0 Å². The van der Waals surface area contributed by atoms with Gasteiger partial charge in [-0.15, -0.1) is 0 Å². The maximum Gasteiger partial charge on any atom is 0.0437 e. The first-order valence-corrected chi connectivity index (χ1v) is 6.74. The summed E-state index contributed by atoms with van der Waals surface area (Å²) in [6, 6.07) is 16.4. The molecule has 0 fully saturated rings. The highest BCUT2D eigenvalue weighted by Crippen LogP contribution is 2.27. The van der Waals surface area contributed by atoms with Gasteiger partial charge in [0, 0.05) is 41.1 Å². The lowest BCUT2D eigenvalue weighted by Gasteiger charge is -2.11. The number of nitrogen functional groups attached to an aromatic ring is 1. The molecule has 0 radical (unpaired) electrons. The molecule has 1 aromatic heterocycles. The zero-order valence-corrected chi connectivity index (χ0v) is 11.2. The summed E-state index contributed by atoms with van der Waals surface area (Å²) in [5, 5.41) is 5.58. The summed E-state index contributed by atoms with van der Waals surface area (Å²) >= 11 is 0. The van der Waals surface area contributed by atoms with Gasteiger partial charge in [0.15, 0.2) is 0 Å². The molecule has 3 aromatic rings. The van der Waals surface area contributed by atoms with E-state index < -0.39 is 0 Å². The normalized spacial score (nSPS) is 10.6. The number of aromatic nitrogens is 1. The Balaban J connectivity index is 1.77. The van der Waals surface area contributed by atoms with E-state index in [0.717, 1.165) is 35.1 Å². The maximum absolute atomic E-state index is 5.99. The van der Waals surface area contributed by atoms with E-state index in [-0.39, 0.29) is 0 Å². The van der Waals surface area contributed by atoms with Crippen molar-refractivity contribution in [2.75, 3.05) is 17.6 Å². The minimum atomic E-state index is 0.788. The average Bonchev–Trinajstić information content (AvgIpc) is 2.51. The SMILES string of the molecule is Nc1ccc(NCCc2ccccc2)c2cnccc12. The van der Waals surface area contributed by atoms with Crippen molar-refractivity contribution in [1.82, 2.24) is 4.98 Å². The first kappa shape index (κ1) is 12.5. The van der Waals surface area contributed by atoms with Crippen LogP contribution in [-0.4, -0.2) is 11.5 Å². The Kier molecular flexibility index (Phi) is 3.50. The Morgan fingerprint density at radius 3 is 2.65 bits per heavy atom. The van der Waals surface area contributed by atoms with Crippen LogP contribution in [0, 0.1) is 0 Å². The fraction of sp³-hybridized carbons (Fsp3) is 0.118. The smallest absolute Gasteiger partial charge is 0.0437 e. The van der Waals surface area contributed by atoms with Crippen molar-refractivity contribution < 1.29 is 0 Å². The highest BCUT2D eigenvalue weighted by Gasteiger charge is 2.03. The van der Waals surface area contributed by atoms with Crippen molar-refractivity contribution in [2.45, 2.75) is 6.42 Å². The Morgan fingerprint density at radius 2 is 1.80 bits per heavy atom. The van der Waals surface area contributed by atoms with Gasteiger partial charge in [-0.3, -0.25) is 4.98 Å². The second kappa shape index (κ2) is 5.61. The minimum Gasteiger partial charge on any atom is -0.398 e. The molecule has 0 aliphatic heterocycles. The van der Waals surface area contributed by atoms with Crippen LogP contribution in [0.4, 0.5) is 11.4 Å². The number of nitrogens with one attached hydrogen (secondary N) is 1. The van der Waals surface area contributed by atoms with Crippen molar-refractivity contribution in [2.24, 2.45) is 0 Å². The number of nitrogens with zero attached hydrogens (tertiary/aromatic N) is 1. The van der Waals surface area contributed by atoms with Crippen molar-refractivity contribution in [1.29, 1.82) is 0 Å². The lowest BCUT2D eigenvalue weighted by Crippen LogP contribution is -2.05. The van der Waals surface area contributed by atoms with Gasteiger partial charge in [0.05, 0.1) is 0 Å². The van der Waals surface area contributed by atoms with Crippen molar-refractivity contribution >= 4 is 22.1 Å². The molecule has 2 aromatic carbocycles. The predicted octanol–water partition coefficient (Wildman–Crippen LogP) is 3.47. The molecule has 3 rings (SSSR count). The summed E-state index contributed by atoms with van der Waals surface area (Å²) in [5.74, 6) is 0. The number of pyridine rings is 1. The van der Waals surface area contributed by atoms with Crippen molar-refractivity contribution in [3.63, 3.8) is 0 Å². The third-order valence-electron chi connectivity index (χ3n) is 3.42. The molecular weight excluding hydrogens is 246 g/mol. The van der Waals surface area contributed by atoms with Gasteiger partial charge < -0.3 is 11.1 Å². The van der Waals surface area contributed by atoms with Crippen LogP contribution in [0.1, 0.15) is 5.56 Å². The molecule has 1 heterocycles. The number of hydrogen-bond donors (Lipinski definition) is 2. The third kappa shape index (κ3) is 2.57. The Hall–Kier alpha value is -2.55. The van der Waals surface area contributed by atoms with E-state index in [9.17, 15) is 0 Å². The van der Waals surface area contributed by atoms with Gasteiger partial charge >= 0.3 is 0 Å². The van der Waals surface area contributed by atoms with Gasteiger partial charge in [-0.05, 0) is 30.2 Å². The Bertz CT molecular complexity index is 708. The molecule has 0 saturated carbocycles. The number of nitrogens with two attached hydrogens (primary N) is 1. The monoisotopic (exact) mass is 263 g/mol. The van der Waals surface area contributed by atoms with E-state index in [4.69, 9.17) is 5.73 Å². The summed E-state index contributed by atoms with van der Waals surface area (Å²) in [4.78, 5) is 4.19. The van der Waals surface area contributed by atoms with Crippen LogP contribution in [0.25, 0.3) is 10.8 Å². The Labute approximate surface area is 118 Å². The molecule has 0 saturated heterocycles. The zero-order valence-electron chi connectivity index (χ0n) is 11.2. The van der Waals surface area contributed by atoms with Crippen molar-refractivity contribution in [3.05, 3.63) is 66.5 Å². The van der Waals surface area contributed by atoms with Crippen LogP contribution < -0.4 is 11.1 Å². The van der Waals surface area contributed by atoms with Crippen LogP contribution in [-0.2, 0) is 6.42 Å². The molecule has 0 bridgehead atoms. The largest absolute Gasteiger partial charge is 0.398 e. The Morgan fingerprint density at radius 1 is 0.950 bits per heavy atom. The predicted molar refractivity (Wildman–Crippen MR) is 84.8 cm³/mol. The minimum absolute atomic E-state index is 0.788. The van der Waals surface area contributed by atoms with E-state index in [1.165, 1.54) is 5.56 Å². The second-order valence-corrected chi connectivity index (χ2v) is 4.79. The lowest BCUT2D eigenvalue weighted by atomic mass is 10.1. The fourth-order valence-electron chi connectivity index (χ4n) is 2.35. The van der Waals surface area contributed by atoms with E-state index in [1.54, 1.807) is 6.20 Å². The van der Waals surface area contributed by atoms with E-state index in [0.29, 0.717) is 0 Å². The summed E-state index contributed by atoms with van der Waals surface area (Å²) in [6.45, 7) is 0.887. The second-order valence-electron chi connectivity index (χ2n) is 4.79. The number of hydrogen-bond acceptors (Lipinski definition) is 3. The van der Waals surface area contributed by atoms with E-state index >= 15 is 0 Å². The number of fused-ring (bicyclic) bond motifs is 1. The molecule has 0 amide bonds. The van der Waals surface area contributed by atoms with Gasteiger partial charge in [-0.2, -0.15) is 0 Å². The molecule has 0 spiro atoms. The molecule has 0 atom stereocenters. The molecule has 0 aliphatic rings. The van der Waals surface area contributed by atoms with Gasteiger partial charge in [0.1, 0.15) is 0 Å². The van der Waals surface area contributed by atoms with Crippen LogP contribution >= 0.6 is 0 Å². The summed E-state index contributed by atoms with van der Waals surface area (Å²) in [7, 11) is 0. The molecule has 3 nitrogen and oxygen atoms in total.